The summed E-state index contributed by atoms with van der Waals surface area (Å²) in [6.07, 6.45) is -0.646. The maximum Gasteiger partial charge on any atom is 0.242 e. The number of aliphatic imine (C=N–C) groups is 1. The summed E-state index contributed by atoms with van der Waals surface area (Å²) in [4.78, 5) is 31.3. The number of rotatable bonds is 6. The highest BCUT2D eigenvalue weighted by Crippen LogP contribution is 2.32. The van der Waals surface area contributed by atoms with E-state index in [1.165, 1.54) is 16.7 Å². The fraction of sp³-hybridized carbons (Fsp3) is 0.286. The van der Waals surface area contributed by atoms with Gasteiger partial charge in [0.25, 0.3) is 0 Å². The molecule has 1 aliphatic heterocycles. The molecule has 0 aromatic heterocycles. The summed E-state index contributed by atoms with van der Waals surface area (Å²) in [6.45, 7) is 3.68. The number of hydrogen-bond donors (Lipinski definition) is 2. The molecule has 1 heterocycles. The Morgan fingerprint density at radius 2 is 1.89 bits per heavy atom. The van der Waals surface area contributed by atoms with Crippen LogP contribution in [0, 0.1) is 6.92 Å². The number of thioether (sulfide) groups is 1. The Bertz CT molecular complexity index is 883. The Kier molecular flexibility index (Phi) is 6.49. The number of aliphatic hydroxyl groups is 1. The molecule has 1 fully saturated rings. The van der Waals surface area contributed by atoms with Crippen LogP contribution in [0.5, 0.6) is 0 Å². The van der Waals surface area contributed by atoms with Gasteiger partial charge in [-0.2, -0.15) is 0 Å². The van der Waals surface area contributed by atoms with Crippen LogP contribution in [0.3, 0.4) is 0 Å². The molecule has 146 valence electrons. The van der Waals surface area contributed by atoms with Crippen molar-refractivity contribution < 1.29 is 14.7 Å². The third-order valence-electron chi connectivity index (χ3n) is 4.24. The van der Waals surface area contributed by atoms with E-state index in [0.717, 1.165) is 16.9 Å². The lowest BCUT2D eigenvalue weighted by Gasteiger charge is -2.18. The lowest BCUT2D eigenvalue weighted by molar-refractivity contribution is -0.128. The number of carbonyl (C=O) groups is 2. The van der Waals surface area contributed by atoms with E-state index in [1.807, 2.05) is 61.5 Å². The molecule has 2 atom stereocenters. The van der Waals surface area contributed by atoms with Crippen LogP contribution in [0.25, 0.3) is 0 Å². The Labute approximate surface area is 168 Å². The molecule has 28 heavy (non-hydrogen) atoms. The minimum atomic E-state index is -0.690. The van der Waals surface area contributed by atoms with E-state index in [-0.39, 0.29) is 24.8 Å². The van der Waals surface area contributed by atoms with Gasteiger partial charge in [-0.05, 0) is 37.6 Å². The lowest BCUT2D eigenvalue weighted by Crippen LogP contribution is -2.38. The Hall–Kier alpha value is -2.64. The second-order valence-corrected chi connectivity index (χ2v) is 7.87. The Balaban J connectivity index is 1.74. The topological polar surface area (TPSA) is 82.0 Å². The van der Waals surface area contributed by atoms with Gasteiger partial charge in [0.2, 0.25) is 11.8 Å². The first-order chi connectivity index (χ1) is 13.4. The number of amides is 2. The quantitative estimate of drug-likeness (QED) is 0.783. The van der Waals surface area contributed by atoms with E-state index in [4.69, 9.17) is 0 Å². The molecule has 2 amide bonds. The molecule has 1 aliphatic rings. The Morgan fingerprint density at radius 3 is 2.57 bits per heavy atom. The number of nitrogens with zero attached hydrogens (tertiary/aromatic N) is 2. The number of aryl methyl sites for hydroxylation is 1. The van der Waals surface area contributed by atoms with Crippen LogP contribution in [0.15, 0.2) is 59.6 Å². The van der Waals surface area contributed by atoms with Crippen molar-refractivity contribution in [3.63, 3.8) is 0 Å². The maximum atomic E-state index is 12.8. The van der Waals surface area contributed by atoms with Gasteiger partial charge in [-0.15, -0.1) is 0 Å². The number of β-amino-alcohol motifs (C(OH)–C–C–N with tert-alkyl or cyclic N) is 1. The number of amidine groups is 1. The minimum Gasteiger partial charge on any atom is -0.392 e. The summed E-state index contributed by atoms with van der Waals surface area (Å²) in [6, 6.07) is 16.8. The largest absolute Gasteiger partial charge is 0.392 e. The van der Waals surface area contributed by atoms with Gasteiger partial charge in [-0.3, -0.25) is 14.5 Å². The molecule has 3 rings (SSSR count). The van der Waals surface area contributed by atoms with Crippen molar-refractivity contribution in [2.24, 2.45) is 4.99 Å². The zero-order valence-electron chi connectivity index (χ0n) is 15.8. The number of benzene rings is 2. The van der Waals surface area contributed by atoms with Crippen LogP contribution in [0.1, 0.15) is 18.9 Å². The number of hydrogen-bond acceptors (Lipinski definition) is 5. The SMILES string of the molecule is Cc1ccccc1NC(=O)CC1SC(=Nc2ccccc2)N(CC(C)O)C1=O. The first-order valence-electron chi connectivity index (χ1n) is 9.09. The first-order valence-corrected chi connectivity index (χ1v) is 9.97. The normalized spacial score (nSPS) is 19.1. The summed E-state index contributed by atoms with van der Waals surface area (Å²) in [5.74, 6) is -0.432. The third-order valence-corrected chi connectivity index (χ3v) is 5.41. The van der Waals surface area contributed by atoms with Gasteiger partial charge in [-0.1, -0.05) is 48.2 Å². The molecule has 0 saturated carbocycles. The van der Waals surface area contributed by atoms with E-state index >= 15 is 0 Å². The molecule has 2 aromatic rings. The molecule has 0 bridgehead atoms. The molecule has 0 spiro atoms. The van der Waals surface area contributed by atoms with Gasteiger partial charge in [-0.25, -0.2) is 4.99 Å². The highest BCUT2D eigenvalue weighted by molar-refractivity contribution is 8.15. The predicted octanol–water partition coefficient (Wildman–Crippen LogP) is 3.34. The summed E-state index contributed by atoms with van der Waals surface area (Å²) >= 11 is 1.26. The monoisotopic (exact) mass is 397 g/mol. The van der Waals surface area contributed by atoms with Crippen LogP contribution in [0.4, 0.5) is 11.4 Å². The number of para-hydroxylation sites is 2. The van der Waals surface area contributed by atoms with Crippen molar-refractivity contribution in [1.82, 2.24) is 4.90 Å². The third kappa shape index (κ3) is 4.99. The zero-order chi connectivity index (χ0) is 20.1. The van der Waals surface area contributed by atoms with E-state index in [9.17, 15) is 14.7 Å². The maximum absolute atomic E-state index is 12.8. The van der Waals surface area contributed by atoms with Crippen LogP contribution >= 0.6 is 11.8 Å². The average molecular weight is 398 g/mol. The van der Waals surface area contributed by atoms with Gasteiger partial charge in [0.15, 0.2) is 5.17 Å². The molecular weight excluding hydrogens is 374 g/mol. The van der Waals surface area contributed by atoms with Gasteiger partial charge in [0.05, 0.1) is 18.3 Å². The molecule has 1 saturated heterocycles. The molecule has 2 N–H and O–H groups in total. The summed E-state index contributed by atoms with van der Waals surface area (Å²) in [5.41, 5.74) is 2.42. The fourth-order valence-electron chi connectivity index (χ4n) is 2.85. The van der Waals surface area contributed by atoms with E-state index < -0.39 is 11.4 Å². The van der Waals surface area contributed by atoms with Crippen LogP contribution in [-0.2, 0) is 9.59 Å². The molecule has 6 nitrogen and oxygen atoms in total. The number of anilines is 1. The summed E-state index contributed by atoms with van der Waals surface area (Å²) in [5, 5.41) is 12.6. The van der Waals surface area contributed by atoms with Crippen molar-refractivity contribution in [3.05, 3.63) is 60.2 Å². The lowest BCUT2D eigenvalue weighted by atomic mass is 10.2. The van der Waals surface area contributed by atoms with Crippen molar-refractivity contribution in [1.29, 1.82) is 0 Å². The number of carbonyl (C=O) groups excluding carboxylic acids is 2. The highest BCUT2D eigenvalue weighted by atomic mass is 32.2. The van der Waals surface area contributed by atoms with Crippen molar-refractivity contribution >= 4 is 40.1 Å². The highest BCUT2D eigenvalue weighted by Gasteiger charge is 2.39. The number of nitrogens with one attached hydrogen (secondary N) is 1. The molecule has 0 radical (unpaired) electrons. The molecular formula is C21H23N3O3S. The van der Waals surface area contributed by atoms with Gasteiger partial charge in [0, 0.05) is 12.1 Å². The van der Waals surface area contributed by atoms with E-state index in [1.54, 1.807) is 6.92 Å². The second kappa shape index (κ2) is 9.03. The van der Waals surface area contributed by atoms with Crippen molar-refractivity contribution in [2.75, 3.05) is 11.9 Å². The molecule has 2 unspecified atom stereocenters. The smallest absolute Gasteiger partial charge is 0.242 e. The van der Waals surface area contributed by atoms with E-state index in [0.29, 0.717) is 5.17 Å². The average Bonchev–Trinajstić information content (AvgIpc) is 2.93. The van der Waals surface area contributed by atoms with Gasteiger partial charge < -0.3 is 10.4 Å². The van der Waals surface area contributed by atoms with Crippen LogP contribution < -0.4 is 5.32 Å². The Morgan fingerprint density at radius 1 is 1.21 bits per heavy atom. The first kappa shape index (κ1) is 20.1. The van der Waals surface area contributed by atoms with Crippen molar-refractivity contribution in [3.8, 4) is 0 Å². The van der Waals surface area contributed by atoms with Gasteiger partial charge >= 0.3 is 0 Å². The fourth-order valence-corrected chi connectivity index (χ4v) is 4.02. The minimum absolute atomic E-state index is 0.0436. The number of aliphatic hydroxyl groups excluding tert-OH is 1. The molecule has 2 aromatic carbocycles. The van der Waals surface area contributed by atoms with Crippen LogP contribution in [-0.4, -0.2) is 44.9 Å². The predicted molar refractivity (Wildman–Crippen MR) is 113 cm³/mol. The summed E-state index contributed by atoms with van der Waals surface area (Å²) in [7, 11) is 0. The second-order valence-electron chi connectivity index (χ2n) is 6.70. The zero-order valence-corrected chi connectivity index (χ0v) is 16.6. The van der Waals surface area contributed by atoms with Gasteiger partial charge in [0.1, 0.15) is 5.25 Å². The summed E-state index contributed by atoms with van der Waals surface area (Å²) < 4.78 is 0. The molecule has 0 aliphatic carbocycles. The van der Waals surface area contributed by atoms with E-state index in [2.05, 4.69) is 10.3 Å². The van der Waals surface area contributed by atoms with Crippen LogP contribution in [0.2, 0.25) is 0 Å². The molecule has 7 heteroatoms. The van der Waals surface area contributed by atoms with Crippen molar-refractivity contribution in [2.45, 2.75) is 31.6 Å². The standard InChI is InChI=1S/C21H23N3O3S/c1-14-8-6-7-11-17(14)23-19(26)12-18-20(27)24(13-15(2)25)21(28-18)22-16-9-4-3-5-10-16/h3-11,15,18,25H,12-13H2,1-2H3,(H,23,26).